The van der Waals surface area contributed by atoms with Gasteiger partial charge in [0.25, 0.3) is 0 Å². The number of carbonyl (C=O) groups is 2. The molecule has 1 aromatic heterocycles. The van der Waals surface area contributed by atoms with Crippen molar-refractivity contribution in [2.24, 2.45) is 0 Å². The van der Waals surface area contributed by atoms with Crippen molar-refractivity contribution >= 4 is 23.6 Å². The van der Waals surface area contributed by atoms with Gasteiger partial charge in [0, 0.05) is 57.7 Å². The van der Waals surface area contributed by atoms with Crippen molar-refractivity contribution in [3.05, 3.63) is 47.7 Å². The zero-order valence-corrected chi connectivity index (χ0v) is 22.8. The van der Waals surface area contributed by atoms with Crippen LogP contribution in [0.1, 0.15) is 38.2 Å². The molecule has 1 aromatic rings. The van der Waals surface area contributed by atoms with E-state index in [1.165, 1.54) is 0 Å². The summed E-state index contributed by atoms with van der Waals surface area (Å²) >= 11 is 0. The highest BCUT2D eigenvalue weighted by atomic mass is 16.2. The number of nitriles is 1. The average molecular weight is 519 g/mol. The van der Waals surface area contributed by atoms with Crippen molar-refractivity contribution in [2.45, 2.75) is 38.6 Å². The Hall–Kier alpha value is -4.15. The maximum atomic E-state index is 12.2. The molecule has 1 atom stereocenters. The van der Waals surface area contributed by atoms with Crippen molar-refractivity contribution < 1.29 is 9.59 Å². The highest BCUT2D eigenvalue weighted by Gasteiger charge is 2.12. The first-order valence-corrected chi connectivity index (χ1v) is 12.8. The lowest BCUT2D eigenvalue weighted by atomic mass is 10.0. The zero-order chi connectivity index (χ0) is 27.8. The van der Waals surface area contributed by atoms with E-state index in [0.29, 0.717) is 55.4 Å². The average Bonchev–Trinajstić information content (AvgIpc) is 2.90. The number of likely N-dealkylation sites (N-methyl/N-ethyl adjacent to an activating group) is 2. The van der Waals surface area contributed by atoms with Gasteiger partial charge in [0.2, 0.25) is 17.8 Å². The van der Waals surface area contributed by atoms with E-state index in [9.17, 15) is 9.59 Å². The van der Waals surface area contributed by atoms with Crippen LogP contribution in [0.3, 0.4) is 0 Å². The van der Waals surface area contributed by atoms with E-state index in [1.54, 1.807) is 30.3 Å². The van der Waals surface area contributed by atoms with Crippen molar-refractivity contribution in [3.63, 3.8) is 0 Å². The van der Waals surface area contributed by atoms with Crippen LogP contribution in [0.5, 0.6) is 0 Å². The summed E-state index contributed by atoms with van der Waals surface area (Å²) in [6, 6.07) is 2.15. The number of nitrogens with zero attached hydrogens (tertiary/aromatic N) is 5. The maximum absolute atomic E-state index is 12.2. The number of carbonyl (C=O) groups excluding carboxylic acids is 2. The molecular formula is C28H38N8O2. The third-order valence-electron chi connectivity index (χ3n) is 5.45. The second kappa shape index (κ2) is 16.6. The summed E-state index contributed by atoms with van der Waals surface area (Å²) in [4.78, 5) is 36.7. The van der Waals surface area contributed by atoms with Crippen molar-refractivity contribution in [1.82, 2.24) is 25.1 Å². The van der Waals surface area contributed by atoms with Gasteiger partial charge < -0.3 is 25.8 Å². The second-order valence-electron chi connectivity index (χ2n) is 9.08. The highest BCUT2D eigenvalue weighted by molar-refractivity contribution is 5.87. The topological polar surface area (TPSA) is 126 Å². The van der Waals surface area contributed by atoms with Crippen LogP contribution in [-0.2, 0) is 9.59 Å². The largest absolute Gasteiger partial charge is 0.369 e. The molecule has 0 radical (unpaired) electrons. The lowest BCUT2D eigenvalue weighted by Gasteiger charge is -2.17. The molecule has 0 spiro atoms. The molecule has 10 nitrogen and oxygen atoms in total. The number of aromatic nitrogens is 2. The van der Waals surface area contributed by atoms with Gasteiger partial charge in [0.1, 0.15) is 5.82 Å². The zero-order valence-electron chi connectivity index (χ0n) is 22.8. The maximum Gasteiger partial charge on any atom is 0.246 e. The fourth-order valence-corrected chi connectivity index (χ4v) is 3.28. The molecule has 0 saturated heterocycles. The molecule has 202 valence electrons. The minimum absolute atomic E-state index is 0.0130. The summed E-state index contributed by atoms with van der Waals surface area (Å²) < 4.78 is 0. The molecule has 0 aromatic carbocycles. The third-order valence-corrected chi connectivity index (χ3v) is 5.45. The number of hydrogen-bond acceptors (Lipinski definition) is 8. The fourth-order valence-electron chi connectivity index (χ4n) is 3.28. The van der Waals surface area contributed by atoms with Gasteiger partial charge >= 0.3 is 0 Å². The number of amides is 2. The molecule has 10 heteroatoms. The summed E-state index contributed by atoms with van der Waals surface area (Å²) in [5, 5.41) is 18.4. The highest BCUT2D eigenvalue weighted by Crippen LogP contribution is 2.17. The summed E-state index contributed by atoms with van der Waals surface area (Å²) in [7, 11) is 5.58. The molecular weight excluding hydrogens is 480 g/mol. The number of hydrogen-bond donors (Lipinski definition) is 3. The van der Waals surface area contributed by atoms with Crippen LogP contribution in [0.15, 0.2) is 42.2 Å². The van der Waals surface area contributed by atoms with E-state index < -0.39 is 0 Å². The Kier molecular flexibility index (Phi) is 13.1. The number of rotatable bonds is 13. The van der Waals surface area contributed by atoms with Gasteiger partial charge in [-0.15, -0.1) is 0 Å². The fraction of sp³-hybridized carbons (Fsp3) is 0.464. The summed E-state index contributed by atoms with van der Waals surface area (Å²) in [5.74, 6) is 7.02. The van der Waals surface area contributed by atoms with Crippen molar-refractivity contribution in [3.8, 4) is 17.9 Å². The monoisotopic (exact) mass is 518 g/mol. The molecule has 0 aliphatic heterocycles. The van der Waals surface area contributed by atoms with Gasteiger partial charge in [0.05, 0.1) is 23.9 Å². The Balaban J connectivity index is 1.82. The SMILES string of the molecule is CCCNc1nc(NC2C=CC(C#N)=CC2)ncc1C#CCCC(=O)NCCN(C)C(=O)/C=C/CN(C)C. The molecule has 3 N–H and O–H groups in total. The minimum Gasteiger partial charge on any atom is -0.369 e. The number of anilines is 2. The van der Waals surface area contributed by atoms with Crippen LogP contribution in [0.4, 0.5) is 11.8 Å². The number of allylic oxidation sites excluding steroid dienone is 2. The van der Waals surface area contributed by atoms with Crippen LogP contribution in [-0.4, -0.2) is 84.9 Å². The minimum atomic E-state index is -0.113. The van der Waals surface area contributed by atoms with Gasteiger partial charge in [-0.2, -0.15) is 10.2 Å². The second-order valence-corrected chi connectivity index (χ2v) is 9.08. The van der Waals surface area contributed by atoms with Gasteiger partial charge in [-0.1, -0.05) is 37.0 Å². The van der Waals surface area contributed by atoms with E-state index >= 15 is 0 Å². The molecule has 2 amide bonds. The van der Waals surface area contributed by atoms with E-state index in [1.807, 2.05) is 37.2 Å². The van der Waals surface area contributed by atoms with Crippen molar-refractivity contribution in [1.29, 1.82) is 5.26 Å². The first kappa shape index (κ1) is 30.1. The standard InChI is InChI=1S/C28H38N8O2/c1-5-16-31-27-23(21-32-28(34-27)33-24-14-12-22(20-29)13-15-24)9-6-7-10-25(37)30-17-19-36(4)26(38)11-8-18-35(2)3/h8,11-14,21,24H,5,7,10,15-19H2,1-4H3,(H,30,37)(H2,31,32,33,34)/b11-8+. The Bertz CT molecular complexity index is 1140. The number of nitrogens with one attached hydrogen (secondary N) is 3. The van der Waals surface area contributed by atoms with Crippen LogP contribution in [0.2, 0.25) is 0 Å². The Morgan fingerprint density at radius 1 is 1.26 bits per heavy atom. The van der Waals surface area contributed by atoms with Crippen LogP contribution < -0.4 is 16.0 Å². The Labute approximate surface area is 225 Å². The smallest absolute Gasteiger partial charge is 0.246 e. The molecule has 1 unspecified atom stereocenters. The molecule has 38 heavy (non-hydrogen) atoms. The van der Waals surface area contributed by atoms with Gasteiger partial charge in [-0.3, -0.25) is 9.59 Å². The first-order chi connectivity index (χ1) is 18.3. The molecule has 0 saturated carbocycles. The van der Waals surface area contributed by atoms with E-state index in [2.05, 4.69) is 50.8 Å². The lowest BCUT2D eigenvalue weighted by molar-refractivity contribution is -0.125. The van der Waals surface area contributed by atoms with Crippen LogP contribution in [0, 0.1) is 23.2 Å². The molecule has 1 aliphatic carbocycles. The molecule has 2 rings (SSSR count). The van der Waals surface area contributed by atoms with Crippen LogP contribution in [0.25, 0.3) is 0 Å². The summed E-state index contributed by atoms with van der Waals surface area (Å²) in [6.45, 7) is 4.32. The first-order valence-electron chi connectivity index (χ1n) is 12.8. The van der Waals surface area contributed by atoms with Crippen LogP contribution >= 0.6 is 0 Å². The quantitative estimate of drug-likeness (QED) is 0.268. The normalized spacial score (nSPS) is 14.3. The summed E-state index contributed by atoms with van der Waals surface area (Å²) in [5.41, 5.74) is 1.32. The Morgan fingerprint density at radius 2 is 2.08 bits per heavy atom. The van der Waals surface area contributed by atoms with E-state index in [4.69, 9.17) is 5.26 Å². The molecule has 0 fully saturated rings. The summed E-state index contributed by atoms with van der Waals surface area (Å²) in [6.07, 6.45) is 12.9. The predicted molar refractivity (Wildman–Crippen MR) is 150 cm³/mol. The van der Waals surface area contributed by atoms with E-state index in [0.717, 1.165) is 13.0 Å². The molecule has 1 aliphatic rings. The van der Waals surface area contributed by atoms with Gasteiger partial charge in [0.15, 0.2) is 0 Å². The third kappa shape index (κ3) is 11.3. The Morgan fingerprint density at radius 3 is 2.76 bits per heavy atom. The van der Waals surface area contributed by atoms with Gasteiger partial charge in [-0.25, -0.2) is 4.98 Å². The van der Waals surface area contributed by atoms with Crippen molar-refractivity contribution in [2.75, 3.05) is 58.0 Å². The van der Waals surface area contributed by atoms with E-state index in [-0.39, 0.29) is 24.3 Å². The molecule has 1 heterocycles. The lowest BCUT2D eigenvalue weighted by Crippen LogP contribution is -2.35. The predicted octanol–water partition coefficient (Wildman–Crippen LogP) is 2.31. The molecule has 0 bridgehead atoms. The van der Waals surface area contributed by atoms with Gasteiger partial charge in [-0.05, 0) is 33.0 Å².